The summed E-state index contributed by atoms with van der Waals surface area (Å²) >= 11 is 3.47. The number of halogens is 1. The zero-order valence-corrected chi connectivity index (χ0v) is 11.9. The molecule has 0 aliphatic carbocycles. The van der Waals surface area contributed by atoms with Crippen LogP contribution in [-0.2, 0) is 4.79 Å². The highest BCUT2D eigenvalue weighted by molar-refractivity contribution is 9.10. The Balaban J connectivity index is 2.04. The molecule has 0 aromatic heterocycles. The van der Waals surface area contributed by atoms with E-state index in [0.29, 0.717) is 19.5 Å². The van der Waals surface area contributed by atoms with Crippen molar-refractivity contribution in [2.45, 2.75) is 19.4 Å². The average molecular weight is 310 g/mol. The van der Waals surface area contributed by atoms with Crippen molar-refractivity contribution in [2.24, 2.45) is 0 Å². The summed E-state index contributed by atoms with van der Waals surface area (Å²) < 4.78 is 0.980. The smallest absolute Gasteiger partial charge is 0.246 e. The number of rotatable bonds is 2. The van der Waals surface area contributed by atoms with Gasteiger partial charge < -0.3 is 10.0 Å². The first-order valence-corrected chi connectivity index (χ1v) is 6.77. The van der Waals surface area contributed by atoms with Crippen molar-refractivity contribution in [3.05, 3.63) is 39.9 Å². The molecule has 96 valence electrons. The third kappa shape index (κ3) is 3.21. The van der Waals surface area contributed by atoms with Gasteiger partial charge in [-0.05, 0) is 36.6 Å². The fourth-order valence-electron chi connectivity index (χ4n) is 1.98. The third-order valence-corrected chi connectivity index (χ3v) is 3.72. The third-order valence-electron chi connectivity index (χ3n) is 3.04. The van der Waals surface area contributed by atoms with Crippen LogP contribution in [0.1, 0.15) is 17.5 Å². The molecule has 1 aromatic carbocycles. The number of likely N-dealkylation sites (tertiary alicyclic amines) is 1. The molecule has 0 unspecified atom stereocenters. The SMILES string of the molecule is Cc1ccc(/C=C/C(=O)N2CC[C@H](O)C2)c(Br)c1. The number of benzene rings is 1. The first-order chi connectivity index (χ1) is 8.56. The van der Waals surface area contributed by atoms with E-state index in [1.54, 1.807) is 17.1 Å². The van der Waals surface area contributed by atoms with Gasteiger partial charge in [0, 0.05) is 23.6 Å². The van der Waals surface area contributed by atoms with E-state index in [-0.39, 0.29) is 12.0 Å². The van der Waals surface area contributed by atoms with Crippen LogP contribution in [0.25, 0.3) is 6.08 Å². The van der Waals surface area contributed by atoms with Crippen LogP contribution in [0, 0.1) is 6.92 Å². The van der Waals surface area contributed by atoms with E-state index < -0.39 is 0 Å². The van der Waals surface area contributed by atoms with Crippen molar-refractivity contribution < 1.29 is 9.90 Å². The minimum atomic E-state index is -0.367. The molecule has 2 rings (SSSR count). The number of nitrogens with zero attached hydrogens (tertiary/aromatic N) is 1. The molecule has 0 bridgehead atoms. The van der Waals surface area contributed by atoms with Gasteiger partial charge >= 0.3 is 0 Å². The molecule has 1 N–H and O–H groups in total. The Morgan fingerprint density at radius 2 is 2.33 bits per heavy atom. The monoisotopic (exact) mass is 309 g/mol. The van der Waals surface area contributed by atoms with Crippen LogP contribution in [0.4, 0.5) is 0 Å². The molecule has 1 saturated heterocycles. The standard InChI is InChI=1S/C14H16BrNO2/c1-10-2-3-11(13(15)8-10)4-5-14(18)16-7-6-12(17)9-16/h2-5,8,12,17H,6-7,9H2,1H3/b5-4+/t12-/m0/s1. The van der Waals surface area contributed by atoms with Crippen LogP contribution in [-0.4, -0.2) is 35.1 Å². The number of aryl methyl sites for hydroxylation is 1. The average Bonchev–Trinajstić information content (AvgIpc) is 2.74. The van der Waals surface area contributed by atoms with Crippen molar-refractivity contribution in [2.75, 3.05) is 13.1 Å². The summed E-state index contributed by atoms with van der Waals surface area (Å²) in [5, 5.41) is 9.38. The molecule has 1 aliphatic rings. The fourth-order valence-corrected chi connectivity index (χ4v) is 2.60. The van der Waals surface area contributed by atoms with Crippen molar-refractivity contribution >= 4 is 27.9 Å². The van der Waals surface area contributed by atoms with Crippen molar-refractivity contribution in [1.29, 1.82) is 0 Å². The van der Waals surface area contributed by atoms with Gasteiger partial charge in [-0.2, -0.15) is 0 Å². The Morgan fingerprint density at radius 1 is 1.56 bits per heavy atom. The van der Waals surface area contributed by atoms with E-state index in [1.165, 1.54) is 5.56 Å². The summed E-state index contributed by atoms with van der Waals surface area (Å²) in [7, 11) is 0. The second kappa shape index (κ2) is 5.67. The van der Waals surface area contributed by atoms with Crippen LogP contribution in [0.5, 0.6) is 0 Å². The van der Waals surface area contributed by atoms with E-state index in [4.69, 9.17) is 0 Å². The van der Waals surface area contributed by atoms with Gasteiger partial charge in [-0.25, -0.2) is 0 Å². The molecule has 3 nitrogen and oxygen atoms in total. The number of carbonyl (C=O) groups excluding carboxylic acids is 1. The first-order valence-electron chi connectivity index (χ1n) is 5.97. The summed E-state index contributed by atoms with van der Waals surface area (Å²) in [6.07, 6.45) is 3.67. The van der Waals surface area contributed by atoms with Gasteiger partial charge in [0.05, 0.1) is 6.10 Å². The molecule has 4 heteroatoms. The second-order valence-electron chi connectivity index (χ2n) is 4.59. The van der Waals surface area contributed by atoms with E-state index in [2.05, 4.69) is 15.9 Å². The minimum Gasteiger partial charge on any atom is -0.391 e. The Hall–Kier alpha value is -1.13. The molecule has 1 heterocycles. The molecule has 0 saturated carbocycles. The number of aliphatic hydroxyl groups is 1. The van der Waals surface area contributed by atoms with Crippen molar-refractivity contribution in [1.82, 2.24) is 4.90 Å². The number of amides is 1. The highest BCUT2D eigenvalue weighted by atomic mass is 79.9. The van der Waals surface area contributed by atoms with E-state index in [1.807, 2.05) is 25.1 Å². The lowest BCUT2D eigenvalue weighted by molar-refractivity contribution is -0.125. The molecule has 1 amide bonds. The van der Waals surface area contributed by atoms with E-state index in [0.717, 1.165) is 10.0 Å². The van der Waals surface area contributed by atoms with Crippen molar-refractivity contribution in [3.8, 4) is 0 Å². The molecule has 1 fully saturated rings. The predicted octanol–water partition coefficient (Wildman–Crippen LogP) is 2.36. The second-order valence-corrected chi connectivity index (χ2v) is 5.44. The zero-order valence-electron chi connectivity index (χ0n) is 10.3. The maximum atomic E-state index is 11.9. The lowest BCUT2D eigenvalue weighted by atomic mass is 10.1. The predicted molar refractivity (Wildman–Crippen MR) is 75.1 cm³/mol. The molecule has 0 radical (unpaired) electrons. The molecular weight excluding hydrogens is 294 g/mol. The van der Waals surface area contributed by atoms with Crippen LogP contribution in [0.3, 0.4) is 0 Å². The zero-order chi connectivity index (χ0) is 13.1. The number of hydrogen-bond donors (Lipinski definition) is 1. The normalized spacial score (nSPS) is 19.7. The first kappa shape index (κ1) is 13.3. The highest BCUT2D eigenvalue weighted by Gasteiger charge is 2.22. The van der Waals surface area contributed by atoms with E-state index in [9.17, 15) is 9.90 Å². The maximum absolute atomic E-state index is 11.9. The fraction of sp³-hybridized carbons (Fsp3) is 0.357. The quantitative estimate of drug-likeness (QED) is 0.852. The van der Waals surface area contributed by atoms with Crippen LogP contribution < -0.4 is 0 Å². The van der Waals surface area contributed by atoms with E-state index >= 15 is 0 Å². The Morgan fingerprint density at radius 3 is 2.94 bits per heavy atom. The molecular formula is C14H16BrNO2. The topological polar surface area (TPSA) is 40.5 Å². The molecule has 18 heavy (non-hydrogen) atoms. The Kier molecular flexibility index (Phi) is 4.19. The lowest BCUT2D eigenvalue weighted by Crippen LogP contribution is -2.27. The van der Waals surface area contributed by atoms with Crippen LogP contribution >= 0.6 is 15.9 Å². The van der Waals surface area contributed by atoms with Crippen LogP contribution in [0.2, 0.25) is 0 Å². The van der Waals surface area contributed by atoms with Gasteiger partial charge in [0.15, 0.2) is 0 Å². The number of hydrogen-bond acceptors (Lipinski definition) is 2. The maximum Gasteiger partial charge on any atom is 0.246 e. The lowest BCUT2D eigenvalue weighted by Gasteiger charge is -2.12. The molecule has 1 atom stereocenters. The minimum absolute atomic E-state index is 0.0426. The number of β-amino-alcohol motifs (C(OH)–C–C–N with tert-alkyl or cyclic N) is 1. The van der Waals surface area contributed by atoms with Crippen LogP contribution in [0.15, 0.2) is 28.7 Å². The summed E-state index contributed by atoms with van der Waals surface area (Å²) in [6, 6.07) is 6.00. The van der Waals surface area contributed by atoms with Gasteiger partial charge in [-0.1, -0.05) is 28.1 Å². The van der Waals surface area contributed by atoms with Crippen molar-refractivity contribution in [3.63, 3.8) is 0 Å². The molecule has 0 spiro atoms. The number of carbonyl (C=O) groups is 1. The summed E-state index contributed by atoms with van der Waals surface area (Å²) in [5.74, 6) is -0.0426. The molecule has 1 aromatic rings. The number of aliphatic hydroxyl groups excluding tert-OH is 1. The Labute approximate surface area is 115 Å². The highest BCUT2D eigenvalue weighted by Crippen LogP contribution is 2.20. The largest absolute Gasteiger partial charge is 0.391 e. The van der Waals surface area contributed by atoms with Gasteiger partial charge in [0.1, 0.15) is 0 Å². The molecule has 1 aliphatic heterocycles. The summed E-state index contributed by atoms with van der Waals surface area (Å²) in [4.78, 5) is 13.5. The van der Waals surface area contributed by atoms with Gasteiger partial charge in [0.2, 0.25) is 5.91 Å². The summed E-state index contributed by atoms with van der Waals surface area (Å²) in [5.41, 5.74) is 2.15. The van der Waals surface area contributed by atoms with Gasteiger partial charge in [-0.3, -0.25) is 4.79 Å². The van der Waals surface area contributed by atoms with Gasteiger partial charge in [-0.15, -0.1) is 0 Å². The summed E-state index contributed by atoms with van der Waals surface area (Å²) in [6.45, 7) is 3.10. The van der Waals surface area contributed by atoms with Gasteiger partial charge in [0.25, 0.3) is 0 Å². The Bertz CT molecular complexity index is 485.